The molecule has 0 unspecified atom stereocenters. The summed E-state index contributed by atoms with van der Waals surface area (Å²) in [4.78, 5) is 13.1. The Morgan fingerprint density at radius 1 is 1.07 bits per heavy atom. The Morgan fingerprint density at radius 2 is 1.70 bits per heavy atom. The van der Waals surface area contributed by atoms with Crippen molar-refractivity contribution in [2.45, 2.75) is 6.18 Å². The van der Waals surface area contributed by atoms with E-state index in [1.54, 1.807) is 68.7 Å². The molecule has 0 atom stereocenters. The van der Waals surface area contributed by atoms with Crippen LogP contribution in [0.4, 0.5) is 13.2 Å². The average Bonchev–Trinajstić information content (AvgIpc) is 3.18. The van der Waals surface area contributed by atoms with Gasteiger partial charge in [-0.05, 0) is 42.0 Å². The van der Waals surface area contributed by atoms with Crippen molar-refractivity contribution < 1.29 is 22.7 Å². The van der Waals surface area contributed by atoms with Gasteiger partial charge >= 0.3 is 6.18 Å². The van der Waals surface area contributed by atoms with Gasteiger partial charge in [0.15, 0.2) is 5.69 Å². The van der Waals surface area contributed by atoms with Crippen molar-refractivity contribution in [2.75, 3.05) is 21.2 Å². The molecule has 156 valence electrons. The van der Waals surface area contributed by atoms with Crippen LogP contribution in [0.1, 0.15) is 11.3 Å². The third-order valence-electron chi connectivity index (χ3n) is 4.38. The average molecular weight is 415 g/mol. The van der Waals surface area contributed by atoms with Gasteiger partial charge in [0.1, 0.15) is 5.75 Å². The lowest BCUT2D eigenvalue weighted by Crippen LogP contribution is -2.18. The van der Waals surface area contributed by atoms with Gasteiger partial charge in [-0.2, -0.15) is 18.3 Å². The predicted octanol–water partition coefficient (Wildman–Crippen LogP) is 4.67. The standard InChI is InChI=1S/C22H20F3N3O2/c1-27(2)21(29)13-6-15-4-7-16(8-5-15)19-14-20(22(23,24)25)26-28(19)17-9-11-18(30-3)12-10-17/h4-14H,1-3H3/b13-6+. The molecule has 1 amide bonds. The first kappa shape index (κ1) is 21.2. The molecule has 5 nitrogen and oxygen atoms in total. The zero-order valence-electron chi connectivity index (χ0n) is 16.6. The molecule has 3 rings (SSSR count). The van der Waals surface area contributed by atoms with Crippen molar-refractivity contribution in [2.24, 2.45) is 0 Å². The fourth-order valence-corrected chi connectivity index (χ4v) is 2.73. The number of nitrogens with zero attached hydrogens (tertiary/aromatic N) is 3. The third kappa shape index (κ3) is 4.71. The number of carbonyl (C=O) groups is 1. The molecule has 0 aliphatic heterocycles. The van der Waals surface area contributed by atoms with E-state index >= 15 is 0 Å². The van der Waals surface area contributed by atoms with Crippen LogP contribution >= 0.6 is 0 Å². The van der Waals surface area contributed by atoms with Crippen LogP contribution in [-0.4, -0.2) is 41.8 Å². The number of hydrogen-bond donors (Lipinski definition) is 0. The van der Waals surface area contributed by atoms with Crippen LogP contribution in [0.2, 0.25) is 0 Å². The first-order valence-electron chi connectivity index (χ1n) is 9.00. The Labute approximate surface area is 172 Å². The maximum atomic E-state index is 13.3. The number of methoxy groups -OCH3 is 1. The fourth-order valence-electron chi connectivity index (χ4n) is 2.73. The van der Waals surface area contributed by atoms with E-state index in [-0.39, 0.29) is 5.91 Å². The van der Waals surface area contributed by atoms with Gasteiger partial charge in [-0.1, -0.05) is 24.3 Å². The summed E-state index contributed by atoms with van der Waals surface area (Å²) in [5.74, 6) is 0.429. The Balaban J connectivity index is 1.99. The number of alkyl halides is 3. The van der Waals surface area contributed by atoms with Crippen LogP contribution < -0.4 is 4.74 Å². The summed E-state index contributed by atoms with van der Waals surface area (Å²) >= 11 is 0. The van der Waals surface area contributed by atoms with Gasteiger partial charge in [0.05, 0.1) is 18.5 Å². The molecule has 30 heavy (non-hydrogen) atoms. The van der Waals surface area contributed by atoms with E-state index < -0.39 is 11.9 Å². The lowest BCUT2D eigenvalue weighted by atomic mass is 10.1. The number of carbonyl (C=O) groups excluding carboxylic acids is 1. The minimum absolute atomic E-state index is 0.161. The van der Waals surface area contributed by atoms with E-state index in [9.17, 15) is 18.0 Å². The Morgan fingerprint density at radius 3 is 2.23 bits per heavy atom. The summed E-state index contributed by atoms with van der Waals surface area (Å²) in [6.45, 7) is 0. The van der Waals surface area contributed by atoms with Crippen molar-refractivity contribution in [3.63, 3.8) is 0 Å². The van der Waals surface area contributed by atoms with Gasteiger partial charge in [-0.25, -0.2) is 4.68 Å². The van der Waals surface area contributed by atoms with Crippen LogP contribution in [-0.2, 0) is 11.0 Å². The van der Waals surface area contributed by atoms with E-state index in [0.717, 1.165) is 11.6 Å². The molecule has 0 fully saturated rings. The molecule has 8 heteroatoms. The summed E-state index contributed by atoms with van der Waals surface area (Å²) in [7, 11) is 4.81. The largest absolute Gasteiger partial charge is 0.497 e. The SMILES string of the molecule is COc1ccc(-n2nc(C(F)(F)F)cc2-c2ccc(/C=C/C(=O)N(C)C)cc2)cc1. The second-order valence-corrected chi connectivity index (χ2v) is 6.71. The summed E-state index contributed by atoms with van der Waals surface area (Å²) in [6, 6.07) is 14.5. The predicted molar refractivity (Wildman–Crippen MR) is 108 cm³/mol. The lowest BCUT2D eigenvalue weighted by molar-refractivity contribution is -0.141. The van der Waals surface area contributed by atoms with E-state index in [4.69, 9.17) is 4.74 Å². The zero-order chi connectivity index (χ0) is 21.9. The monoisotopic (exact) mass is 415 g/mol. The minimum atomic E-state index is -4.57. The molecule has 2 aromatic carbocycles. The lowest BCUT2D eigenvalue weighted by Gasteiger charge is -2.09. The van der Waals surface area contributed by atoms with Crippen LogP contribution in [0.15, 0.2) is 60.7 Å². The molecule has 0 aliphatic rings. The number of amides is 1. The zero-order valence-corrected chi connectivity index (χ0v) is 16.6. The van der Waals surface area contributed by atoms with Gasteiger partial charge < -0.3 is 9.64 Å². The van der Waals surface area contributed by atoms with Gasteiger partial charge in [0.2, 0.25) is 5.91 Å². The summed E-state index contributed by atoms with van der Waals surface area (Å²) in [6.07, 6.45) is -1.49. The maximum absolute atomic E-state index is 13.3. The number of likely N-dealkylation sites (N-methyl/N-ethyl adjacent to an activating group) is 1. The van der Waals surface area contributed by atoms with Crippen molar-refractivity contribution in [3.05, 3.63) is 71.9 Å². The number of aromatic nitrogens is 2. The number of hydrogen-bond acceptors (Lipinski definition) is 3. The van der Waals surface area contributed by atoms with Gasteiger partial charge in [-0.15, -0.1) is 0 Å². The molecule has 0 radical (unpaired) electrons. The van der Waals surface area contributed by atoms with Gasteiger partial charge in [0, 0.05) is 25.7 Å². The molecule has 1 heterocycles. The number of ether oxygens (including phenoxy) is 1. The Hall–Kier alpha value is -3.55. The summed E-state index contributed by atoms with van der Waals surface area (Å²) < 4.78 is 46.2. The third-order valence-corrected chi connectivity index (χ3v) is 4.38. The summed E-state index contributed by atoms with van der Waals surface area (Å²) in [5.41, 5.74) is 1.11. The molecule has 0 spiro atoms. The van der Waals surface area contributed by atoms with Crippen LogP contribution in [0, 0.1) is 0 Å². The molecular weight excluding hydrogens is 395 g/mol. The van der Waals surface area contributed by atoms with E-state index in [2.05, 4.69) is 5.10 Å². The first-order valence-corrected chi connectivity index (χ1v) is 9.00. The second kappa shape index (κ2) is 8.44. The highest BCUT2D eigenvalue weighted by molar-refractivity contribution is 5.91. The van der Waals surface area contributed by atoms with Crippen molar-refractivity contribution in [1.82, 2.24) is 14.7 Å². The smallest absolute Gasteiger partial charge is 0.435 e. The Kier molecular flexibility index (Phi) is 5.96. The number of rotatable bonds is 5. The van der Waals surface area contributed by atoms with Crippen molar-refractivity contribution in [3.8, 4) is 22.7 Å². The second-order valence-electron chi connectivity index (χ2n) is 6.71. The Bertz CT molecular complexity index is 1050. The highest BCUT2D eigenvalue weighted by Gasteiger charge is 2.35. The molecule has 0 aliphatic carbocycles. The fraction of sp³-hybridized carbons (Fsp3) is 0.182. The first-order chi connectivity index (χ1) is 14.2. The number of benzene rings is 2. The highest BCUT2D eigenvalue weighted by atomic mass is 19.4. The van der Waals surface area contributed by atoms with Crippen LogP contribution in [0.25, 0.3) is 23.0 Å². The van der Waals surface area contributed by atoms with Crippen LogP contribution in [0.3, 0.4) is 0 Å². The maximum Gasteiger partial charge on any atom is 0.435 e. The van der Waals surface area contributed by atoms with Crippen molar-refractivity contribution >= 4 is 12.0 Å². The molecule has 3 aromatic rings. The molecular formula is C22H20F3N3O2. The van der Waals surface area contributed by atoms with E-state index in [1.165, 1.54) is 22.8 Å². The molecule has 1 aromatic heterocycles. The van der Waals surface area contributed by atoms with E-state index in [0.29, 0.717) is 22.7 Å². The topological polar surface area (TPSA) is 47.4 Å². The van der Waals surface area contributed by atoms with Crippen molar-refractivity contribution in [1.29, 1.82) is 0 Å². The van der Waals surface area contributed by atoms with Crippen LogP contribution in [0.5, 0.6) is 5.75 Å². The van der Waals surface area contributed by atoms with Gasteiger partial charge in [0.25, 0.3) is 0 Å². The highest BCUT2D eigenvalue weighted by Crippen LogP contribution is 2.33. The minimum Gasteiger partial charge on any atom is -0.497 e. The quantitative estimate of drug-likeness (QED) is 0.569. The summed E-state index contributed by atoms with van der Waals surface area (Å²) in [5, 5.41) is 3.77. The number of halogens is 3. The molecule has 0 N–H and O–H groups in total. The normalized spacial score (nSPS) is 11.7. The van der Waals surface area contributed by atoms with E-state index in [1.807, 2.05) is 0 Å². The molecule has 0 saturated carbocycles. The molecule has 0 saturated heterocycles. The van der Waals surface area contributed by atoms with Gasteiger partial charge in [-0.3, -0.25) is 4.79 Å². The molecule has 0 bridgehead atoms.